The minimum atomic E-state index is -1.32. The van der Waals surface area contributed by atoms with Crippen molar-refractivity contribution in [3.63, 3.8) is 0 Å². The molecule has 3 nitrogen and oxygen atoms in total. The molecule has 17 heavy (non-hydrogen) atoms. The molecule has 0 spiro atoms. The molecule has 0 fully saturated rings. The fraction of sp³-hybridized carbons (Fsp3) is 0.571. The summed E-state index contributed by atoms with van der Waals surface area (Å²) in [6, 6.07) is 6.06. The molecule has 1 aliphatic rings. The molecule has 94 valence electrons. The first-order valence-corrected chi connectivity index (χ1v) is 6.18. The number of hydrogen-bond acceptors (Lipinski definition) is 3. The van der Waals surface area contributed by atoms with Crippen molar-refractivity contribution >= 4 is 0 Å². The highest BCUT2D eigenvalue weighted by Crippen LogP contribution is 2.29. The molecule has 0 aromatic heterocycles. The number of aliphatic hydroxyl groups excluding tert-OH is 1. The lowest BCUT2D eigenvalue weighted by Crippen LogP contribution is -2.17. The van der Waals surface area contributed by atoms with Crippen LogP contribution in [0.4, 0.5) is 0 Å². The Labute approximate surface area is 102 Å². The van der Waals surface area contributed by atoms with E-state index in [1.54, 1.807) is 0 Å². The predicted molar refractivity (Wildman–Crippen MR) is 65.7 cm³/mol. The summed E-state index contributed by atoms with van der Waals surface area (Å²) in [5.74, 6) is -0.276. The SMILES string of the molecule is CC1CCc2cccc([C@@H](C)C(O)O)c2CO1. The van der Waals surface area contributed by atoms with E-state index in [1.807, 2.05) is 19.1 Å². The Hall–Kier alpha value is -0.900. The second kappa shape index (κ2) is 5.17. The van der Waals surface area contributed by atoms with Crippen LogP contribution in [0.5, 0.6) is 0 Å². The Morgan fingerprint density at radius 3 is 2.82 bits per heavy atom. The number of aliphatic hydroxyl groups is 2. The van der Waals surface area contributed by atoms with Gasteiger partial charge in [0.15, 0.2) is 6.29 Å². The molecular weight excluding hydrogens is 216 g/mol. The molecule has 0 saturated heterocycles. The standard InChI is InChI=1S/C14H20O3/c1-9-6-7-11-4-3-5-12(10(2)14(15)16)13(11)8-17-9/h3-5,9-10,14-16H,6-8H2,1-2H3/t9?,10-/m1/s1. The Balaban J connectivity index is 2.36. The highest BCUT2D eigenvalue weighted by molar-refractivity contribution is 5.38. The topological polar surface area (TPSA) is 49.7 Å². The van der Waals surface area contributed by atoms with Crippen LogP contribution >= 0.6 is 0 Å². The number of benzene rings is 1. The van der Waals surface area contributed by atoms with Crippen molar-refractivity contribution in [3.05, 3.63) is 34.9 Å². The Kier molecular flexibility index (Phi) is 3.82. The van der Waals surface area contributed by atoms with E-state index < -0.39 is 6.29 Å². The van der Waals surface area contributed by atoms with Crippen LogP contribution in [-0.4, -0.2) is 22.6 Å². The molecule has 2 rings (SSSR count). The van der Waals surface area contributed by atoms with Gasteiger partial charge in [-0.1, -0.05) is 25.1 Å². The van der Waals surface area contributed by atoms with Crippen molar-refractivity contribution in [2.75, 3.05) is 0 Å². The quantitative estimate of drug-likeness (QED) is 0.772. The zero-order valence-corrected chi connectivity index (χ0v) is 10.4. The van der Waals surface area contributed by atoms with Crippen molar-refractivity contribution in [3.8, 4) is 0 Å². The first kappa shape index (κ1) is 12.6. The molecule has 1 aromatic rings. The van der Waals surface area contributed by atoms with E-state index in [0.29, 0.717) is 6.61 Å². The van der Waals surface area contributed by atoms with Gasteiger partial charge in [-0.05, 0) is 36.5 Å². The van der Waals surface area contributed by atoms with Gasteiger partial charge in [0.2, 0.25) is 0 Å². The van der Waals surface area contributed by atoms with Crippen molar-refractivity contribution in [2.45, 2.75) is 51.6 Å². The third-order valence-electron chi connectivity index (χ3n) is 3.58. The Morgan fingerprint density at radius 1 is 1.35 bits per heavy atom. The normalized spacial score (nSPS) is 22.1. The summed E-state index contributed by atoms with van der Waals surface area (Å²) < 4.78 is 5.74. The number of rotatable bonds is 2. The van der Waals surface area contributed by atoms with E-state index in [0.717, 1.165) is 24.0 Å². The van der Waals surface area contributed by atoms with Crippen LogP contribution in [0, 0.1) is 0 Å². The summed E-state index contributed by atoms with van der Waals surface area (Å²) in [7, 11) is 0. The van der Waals surface area contributed by atoms with Crippen molar-refractivity contribution in [1.29, 1.82) is 0 Å². The van der Waals surface area contributed by atoms with E-state index in [2.05, 4.69) is 13.0 Å². The number of aryl methyl sites for hydroxylation is 1. The summed E-state index contributed by atoms with van der Waals surface area (Å²) >= 11 is 0. The van der Waals surface area contributed by atoms with Crippen LogP contribution in [0.2, 0.25) is 0 Å². The molecule has 2 atom stereocenters. The molecule has 0 aliphatic carbocycles. The van der Waals surface area contributed by atoms with E-state index in [1.165, 1.54) is 5.56 Å². The monoisotopic (exact) mass is 236 g/mol. The van der Waals surface area contributed by atoms with Gasteiger partial charge >= 0.3 is 0 Å². The molecular formula is C14H20O3. The zero-order valence-electron chi connectivity index (χ0n) is 10.4. The number of ether oxygens (including phenoxy) is 1. The molecule has 0 bridgehead atoms. The summed E-state index contributed by atoms with van der Waals surface area (Å²) in [6.07, 6.45) is 0.970. The lowest BCUT2D eigenvalue weighted by Gasteiger charge is -2.19. The van der Waals surface area contributed by atoms with E-state index >= 15 is 0 Å². The summed E-state index contributed by atoms with van der Waals surface area (Å²) in [5, 5.41) is 18.6. The molecule has 3 heteroatoms. The Morgan fingerprint density at radius 2 is 2.12 bits per heavy atom. The lowest BCUT2D eigenvalue weighted by molar-refractivity contribution is -0.0566. The minimum absolute atomic E-state index is 0.268. The molecule has 1 aliphatic heterocycles. The maximum Gasteiger partial charge on any atom is 0.158 e. The molecule has 2 N–H and O–H groups in total. The van der Waals surface area contributed by atoms with Gasteiger partial charge < -0.3 is 14.9 Å². The van der Waals surface area contributed by atoms with Crippen molar-refractivity contribution < 1.29 is 14.9 Å². The van der Waals surface area contributed by atoms with E-state index in [9.17, 15) is 10.2 Å². The average Bonchev–Trinajstić information content (AvgIpc) is 2.50. The fourth-order valence-corrected chi connectivity index (χ4v) is 2.32. The van der Waals surface area contributed by atoms with Crippen LogP contribution < -0.4 is 0 Å². The predicted octanol–water partition coefficient (Wildman–Crippen LogP) is 1.95. The highest BCUT2D eigenvalue weighted by atomic mass is 16.5. The van der Waals surface area contributed by atoms with Gasteiger partial charge in [0.1, 0.15) is 0 Å². The van der Waals surface area contributed by atoms with Gasteiger partial charge in [-0.2, -0.15) is 0 Å². The van der Waals surface area contributed by atoms with Gasteiger partial charge in [0, 0.05) is 5.92 Å². The summed E-state index contributed by atoms with van der Waals surface area (Å²) in [6.45, 7) is 4.48. The number of fused-ring (bicyclic) bond motifs is 1. The fourth-order valence-electron chi connectivity index (χ4n) is 2.32. The first-order valence-electron chi connectivity index (χ1n) is 6.18. The van der Waals surface area contributed by atoms with Crippen LogP contribution in [0.25, 0.3) is 0 Å². The third kappa shape index (κ3) is 2.68. The zero-order chi connectivity index (χ0) is 12.4. The van der Waals surface area contributed by atoms with Gasteiger partial charge in [0.05, 0.1) is 12.7 Å². The lowest BCUT2D eigenvalue weighted by atomic mass is 9.91. The van der Waals surface area contributed by atoms with Gasteiger partial charge in [0.25, 0.3) is 0 Å². The largest absolute Gasteiger partial charge is 0.374 e. The van der Waals surface area contributed by atoms with Crippen LogP contribution in [0.3, 0.4) is 0 Å². The average molecular weight is 236 g/mol. The van der Waals surface area contributed by atoms with Gasteiger partial charge in [-0.3, -0.25) is 0 Å². The van der Waals surface area contributed by atoms with E-state index in [-0.39, 0.29) is 12.0 Å². The van der Waals surface area contributed by atoms with Crippen LogP contribution in [-0.2, 0) is 17.8 Å². The smallest absolute Gasteiger partial charge is 0.158 e. The second-order valence-corrected chi connectivity index (χ2v) is 4.85. The minimum Gasteiger partial charge on any atom is -0.374 e. The summed E-state index contributed by atoms with van der Waals surface area (Å²) in [4.78, 5) is 0. The molecule has 1 unspecified atom stereocenters. The van der Waals surface area contributed by atoms with Crippen molar-refractivity contribution in [2.24, 2.45) is 0 Å². The maximum atomic E-state index is 9.31. The first-order chi connectivity index (χ1) is 8.09. The van der Waals surface area contributed by atoms with Crippen LogP contribution in [0.1, 0.15) is 42.9 Å². The van der Waals surface area contributed by atoms with Crippen LogP contribution in [0.15, 0.2) is 18.2 Å². The summed E-state index contributed by atoms with van der Waals surface area (Å²) in [5.41, 5.74) is 3.41. The maximum absolute atomic E-state index is 9.31. The van der Waals surface area contributed by atoms with Gasteiger partial charge in [-0.25, -0.2) is 0 Å². The molecule has 0 saturated carbocycles. The molecule has 0 amide bonds. The molecule has 1 heterocycles. The molecule has 0 radical (unpaired) electrons. The number of hydrogen-bond donors (Lipinski definition) is 2. The third-order valence-corrected chi connectivity index (χ3v) is 3.58. The highest BCUT2D eigenvalue weighted by Gasteiger charge is 2.21. The Bertz CT molecular complexity index is 387. The molecule has 1 aromatic carbocycles. The van der Waals surface area contributed by atoms with Crippen molar-refractivity contribution in [1.82, 2.24) is 0 Å². The van der Waals surface area contributed by atoms with Gasteiger partial charge in [-0.15, -0.1) is 0 Å². The second-order valence-electron chi connectivity index (χ2n) is 4.85. The van der Waals surface area contributed by atoms with E-state index in [4.69, 9.17) is 4.74 Å².